The second kappa shape index (κ2) is 7.99. The third kappa shape index (κ3) is 4.13. The van der Waals surface area contributed by atoms with Gasteiger partial charge < -0.3 is 5.32 Å². The van der Waals surface area contributed by atoms with Gasteiger partial charge in [0.2, 0.25) is 11.8 Å². The van der Waals surface area contributed by atoms with Crippen molar-refractivity contribution in [1.82, 2.24) is 0 Å². The molecular weight excluding hydrogens is 346 g/mol. The Morgan fingerprint density at radius 3 is 2.56 bits per heavy atom. The first-order chi connectivity index (χ1) is 13.0. The zero-order valence-electron chi connectivity index (χ0n) is 15.1. The number of hydrogen-bond donors (Lipinski definition) is 1. The molecule has 0 spiro atoms. The number of nitrogens with zero attached hydrogens (tertiary/aromatic N) is 2. The maximum absolute atomic E-state index is 12.1. The minimum Gasteiger partial charge on any atom is -0.379 e. The quantitative estimate of drug-likeness (QED) is 0.350. The Balaban J connectivity index is 1.70. The fourth-order valence-electron chi connectivity index (χ4n) is 3.17. The number of imide groups is 1. The fraction of sp³-hybridized carbons (Fsp3) is 0.300. The third-order valence-corrected chi connectivity index (χ3v) is 4.61. The molecule has 2 amide bonds. The van der Waals surface area contributed by atoms with Crippen molar-refractivity contribution in [3.63, 3.8) is 0 Å². The number of hydrogen-bond acceptors (Lipinski definition) is 5. The van der Waals surface area contributed by atoms with E-state index < -0.39 is 10.8 Å². The van der Waals surface area contributed by atoms with Crippen molar-refractivity contribution >= 4 is 28.9 Å². The molecule has 1 atom stereocenters. The van der Waals surface area contributed by atoms with Gasteiger partial charge in [-0.2, -0.15) is 0 Å². The van der Waals surface area contributed by atoms with Gasteiger partial charge >= 0.3 is 0 Å². The SMILES string of the molecule is C[C@@H]1CC(=O)N(c2ccc(NCCCc3ccccc3)c([N+](=O)[O-])c2)C1=O. The molecule has 1 aliphatic rings. The molecule has 140 valence electrons. The van der Waals surface area contributed by atoms with Crippen molar-refractivity contribution in [1.29, 1.82) is 0 Å². The third-order valence-electron chi connectivity index (χ3n) is 4.61. The maximum Gasteiger partial charge on any atom is 0.294 e. The topological polar surface area (TPSA) is 92.6 Å². The summed E-state index contributed by atoms with van der Waals surface area (Å²) < 4.78 is 0. The van der Waals surface area contributed by atoms with Crippen LogP contribution in [0, 0.1) is 16.0 Å². The predicted molar refractivity (Wildman–Crippen MR) is 103 cm³/mol. The number of aryl methyl sites for hydroxylation is 1. The number of carbonyl (C=O) groups is 2. The molecule has 0 radical (unpaired) electrons. The Morgan fingerprint density at radius 2 is 1.93 bits per heavy atom. The van der Waals surface area contributed by atoms with E-state index in [9.17, 15) is 19.7 Å². The normalized spacial score (nSPS) is 16.6. The summed E-state index contributed by atoms with van der Waals surface area (Å²) >= 11 is 0. The molecule has 7 heteroatoms. The summed E-state index contributed by atoms with van der Waals surface area (Å²) in [5.41, 5.74) is 1.69. The molecule has 1 saturated heterocycles. The summed E-state index contributed by atoms with van der Waals surface area (Å²) in [7, 11) is 0. The molecule has 3 rings (SSSR count). The van der Waals surface area contributed by atoms with Crippen LogP contribution in [0.1, 0.15) is 25.3 Å². The van der Waals surface area contributed by atoms with E-state index in [2.05, 4.69) is 5.32 Å². The molecule has 0 bridgehead atoms. The van der Waals surface area contributed by atoms with Crippen molar-refractivity contribution in [3.8, 4) is 0 Å². The van der Waals surface area contributed by atoms with E-state index in [0.29, 0.717) is 12.2 Å². The summed E-state index contributed by atoms with van der Waals surface area (Å²) in [6.07, 6.45) is 1.82. The van der Waals surface area contributed by atoms with Crippen LogP contribution in [0.2, 0.25) is 0 Å². The van der Waals surface area contributed by atoms with Crippen molar-refractivity contribution in [2.24, 2.45) is 5.92 Å². The minimum atomic E-state index is -0.502. The molecule has 2 aromatic rings. The van der Waals surface area contributed by atoms with Gasteiger partial charge in [-0.3, -0.25) is 24.6 Å². The molecule has 0 aromatic heterocycles. The van der Waals surface area contributed by atoms with Crippen LogP contribution in [-0.4, -0.2) is 23.3 Å². The van der Waals surface area contributed by atoms with Crippen LogP contribution in [0.25, 0.3) is 0 Å². The lowest BCUT2D eigenvalue weighted by Crippen LogP contribution is -2.30. The number of benzene rings is 2. The van der Waals surface area contributed by atoms with Crippen molar-refractivity contribution in [2.45, 2.75) is 26.2 Å². The fourth-order valence-corrected chi connectivity index (χ4v) is 3.17. The van der Waals surface area contributed by atoms with E-state index in [1.807, 2.05) is 30.3 Å². The Bertz CT molecular complexity index is 867. The highest BCUT2D eigenvalue weighted by Gasteiger charge is 2.37. The summed E-state index contributed by atoms with van der Waals surface area (Å²) in [6, 6.07) is 14.4. The number of nitrogens with one attached hydrogen (secondary N) is 1. The Kier molecular flexibility index (Phi) is 5.49. The lowest BCUT2D eigenvalue weighted by Gasteiger charge is -2.15. The highest BCUT2D eigenvalue weighted by Crippen LogP contribution is 2.33. The maximum atomic E-state index is 12.1. The second-order valence-corrected chi connectivity index (χ2v) is 6.65. The lowest BCUT2D eigenvalue weighted by atomic mass is 10.1. The molecular formula is C20H21N3O4. The highest BCUT2D eigenvalue weighted by atomic mass is 16.6. The van der Waals surface area contributed by atoms with Gasteiger partial charge in [-0.15, -0.1) is 0 Å². The first kappa shape index (κ1) is 18.6. The van der Waals surface area contributed by atoms with E-state index in [1.165, 1.54) is 11.6 Å². The van der Waals surface area contributed by atoms with Crippen LogP contribution in [0.5, 0.6) is 0 Å². The monoisotopic (exact) mass is 367 g/mol. The molecule has 27 heavy (non-hydrogen) atoms. The zero-order chi connectivity index (χ0) is 19.4. The Morgan fingerprint density at radius 1 is 1.19 bits per heavy atom. The summed E-state index contributed by atoms with van der Waals surface area (Å²) in [4.78, 5) is 36.2. The molecule has 7 nitrogen and oxygen atoms in total. The molecule has 1 fully saturated rings. The average Bonchev–Trinajstić information content (AvgIpc) is 2.91. The highest BCUT2D eigenvalue weighted by molar-refractivity contribution is 6.21. The van der Waals surface area contributed by atoms with Gasteiger partial charge in [-0.05, 0) is 30.5 Å². The van der Waals surface area contributed by atoms with Crippen LogP contribution in [0.15, 0.2) is 48.5 Å². The van der Waals surface area contributed by atoms with Gasteiger partial charge in [0.1, 0.15) is 5.69 Å². The molecule has 2 aromatic carbocycles. The molecule has 0 aliphatic carbocycles. The standard InChI is InChI=1S/C20H21N3O4/c1-14-12-19(24)22(20(14)25)16-9-10-17(18(13-16)23(26)27)21-11-5-8-15-6-3-2-4-7-15/h2-4,6-7,9-10,13-14,21H,5,8,11-12H2,1H3/t14-/m1/s1. The first-order valence-electron chi connectivity index (χ1n) is 8.90. The first-order valence-corrected chi connectivity index (χ1v) is 8.90. The molecule has 1 aliphatic heterocycles. The average molecular weight is 367 g/mol. The van der Waals surface area contributed by atoms with Crippen LogP contribution < -0.4 is 10.2 Å². The zero-order valence-corrected chi connectivity index (χ0v) is 15.1. The number of carbonyl (C=O) groups excluding carboxylic acids is 2. The van der Waals surface area contributed by atoms with Crippen LogP contribution >= 0.6 is 0 Å². The van der Waals surface area contributed by atoms with Crippen molar-refractivity contribution in [3.05, 3.63) is 64.2 Å². The molecule has 1 heterocycles. The number of amides is 2. The van der Waals surface area contributed by atoms with Gasteiger partial charge in [0, 0.05) is 24.9 Å². The van der Waals surface area contributed by atoms with Crippen LogP contribution in [-0.2, 0) is 16.0 Å². The number of nitro benzene ring substituents is 1. The van der Waals surface area contributed by atoms with Gasteiger partial charge in [-0.25, -0.2) is 0 Å². The van der Waals surface area contributed by atoms with Gasteiger partial charge in [0.25, 0.3) is 5.69 Å². The largest absolute Gasteiger partial charge is 0.379 e. The minimum absolute atomic E-state index is 0.131. The Labute approximate surface area is 157 Å². The van der Waals surface area contributed by atoms with E-state index in [4.69, 9.17) is 0 Å². The summed E-state index contributed by atoms with van der Waals surface area (Å²) in [6.45, 7) is 2.25. The number of rotatable bonds is 7. The van der Waals surface area contributed by atoms with E-state index in [1.54, 1.807) is 19.1 Å². The second-order valence-electron chi connectivity index (χ2n) is 6.65. The van der Waals surface area contributed by atoms with Gasteiger partial charge in [0.05, 0.1) is 10.6 Å². The molecule has 1 N–H and O–H groups in total. The lowest BCUT2D eigenvalue weighted by molar-refractivity contribution is -0.383. The van der Waals surface area contributed by atoms with E-state index >= 15 is 0 Å². The van der Waals surface area contributed by atoms with Crippen LogP contribution in [0.3, 0.4) is 0 Å². The van der Waals surface area contributed by atoms with Gasteiger partial charge in [-0.1, -0.05) is 37.3 Å². The summed E-state index contributed by atoms with van der Waals surface area (Å²) in [5.74, 6) is -1.05. The van der Waals surface area contributed by atoms with E-state index in [-0.39, 0.29) is 29.6 Å². The van der Waals surface area contributed by atoms with Crippen molar-refractivity contribution < 1.29 is 14.5 Å². The van der Waals surface area contributed by atoms with Crippen molar-refractivity contribution in [2.75, 3.05) is 16.8 Å². The predicted octanol–water partition coefficient (Wildman–Crippen LogP) is 3.54. The molecule has 0 saturated carbocycles. The smallest absolute Gasteiger partial charge is 0.294 e. The van der Waals surface area contributed by atoms with Crippen LogP contribution in [0.4, 0.5) is 17.1 Å². The number of anilines is 2. The van der Waals surface area contributed by atoms with Gasteiger partial charge in [0.15, 0.2) is 0 Å². The summed E-state index contributed by atoms with van der Waals surface area (Å²) in [5, 5.41) is 14.5. The van der Waals surface area contributed by atoms with E-state index in [0.717, 1.165) is 17.7 Å². The number of nitro groups is 1. The Hall–Kier alpha value is -3.22. The molecule has 0 unspecified atom stereocenters.